The number of anilines is 2. The Morgan fingerprint density at radius 2 is 2.09 bits per heavy atom. The first-order valence-electron chi connectivity index (χ1n) is 14.5. The van der Waals surface area contributed by atoms with Crippen LogP contribution in [0.2, 0.25) is 5.02 Å². The second-order valence-corrected chi connectivity index (χ2v) is 14.0. The van der Waals surface area contributed by atoms with Gasteiger partial charge in [0.25, 0.3) is 0 Å². The number of nitrogens with zero attached hydrogens (tertiary/aromatic N) is 6. The average Bonchev–Trinajstić information content (AvgIpc) is 3.28. The van der Waals surface area contributed by atoms with Gasteiger partial charge in [-0.15, -0.1) is 11.8 Å². The van der Waals surface area contributed by atoms with Crippen LogP contribution in [0.15, 0.2) is 37.9 Å². The monoisotopic (exact) mass is 639 g/mol. The van der Waals surface area contributed by atoms with E-state index in [0.29, 0.717) is 64.5 Å². The molecule has 3 aliphatic rings. The second kappa shape index (κ2) is 11.5. The lowest BCUT2D eigenvalue weighted by Gasteiger charge is -2.41. The maximum absolute atomic E-state index is 14.8. The zero-order valence-electron chi connectivity index (χ0n) is 23.7. The number of aromatic nitrogens is 3. The van der Waals surface area contributed by atoms with Gasteiger partial charge < -0.3 is 15.4 Å². The molecular weight excluding hydrogens is 609 g/mol. The Labute approximate surface area is 261 Å². The summed E-state index contributed by atoms with van der Waals surface area (Å²) in [6, 6.07) is 8.01. The van der Waals surface area contributed by atoms with Crippen molar-refractivity contribution in [2.75, 3.05) is 49.7 Å². The van der Waals surface area contributed by atoms with E-state index in [1.807, 2.05) is 10.6 Å². The molecule has 2 aromatic carbocycles. The van der Waals surface area contributed by atoms with Gasteiger partial charge in [0.2, 0.25) is 0 Å². The minimum Gasteiger partial charge on any atom is -0.383 e. The molecule has 0 radical (unpaired) electrons. The first-order valence-corrected chi connectivity index (χ1v) is 16.7. The highest BCUT2D eigenvalue weighted by atomic mass is 35.5. The number of hydrogen-bond donors (Lipinski definition) is 1. The molecule has 0 unspecified atom stereocenters. The normalized spacial score (nSPS) is 18.1. The number of piperidine rings is 1. The van der Waals surface area contributed by atoms with Gasteiger partial charge in [-0.25, -0.2) is 24.2 Å². The lowest BCUT2D eigenvalue weighted by Crippen LogP contribution is -2.41. The van der Waals surface area contributed by atoms with Gasteiger partial charge >= 0.3 is 5.69 Å². The summed E-state index contributed by atoms with van der Waals surface area (Å²) >= 11 is 10.0. The Hall–Kier alpha value is -3.02. The van der Waals surface area contributed by atoms with Crippen LogP contribution in [0.3, 0.4) is 0 Å². The number of hydrogen-bond acceptors (Lipinski definition) is 10. The summed E-state index contributed by atoms with van der Waals surface area (Å²) in [5.74, 6) is 1.15. The van der Waals surface area contributed by atoms with Crippen molar-refractivity contribution in [2.45, 2.75) is 49.6 Å². The van der Waals surface area contributed by atoms with E-state index in [1.165, 1.54) is 6.07 Å². The molecule has 2 N–H and O–H groups in total. The lowest BCUT2D eigenvalue weighted by atomic mass is 9.70. The first kappa shape index (κ1) is 28.7. The molecule has 2 aliphatic heterocycles. The molecular formula is C30H31ClFN7O2S2. The highest BCUT2D eigenvalue weighted by Crippen LogP contribution is 2.53. The van der Waals surface area contributed by atoms with E-state index >= 15 is 0 Å². The number of benzene rings is 2. The zero-order valence-corrected chi connectivity index (χ0v) is 26.1. The van der Waals surface area contributed by atoms with Crippen LogP contribution in [0.4, 0.5) is 15.3 Å². The molecule has 1 saturated carbocycles. The van der Waals surface area contributed by atoms with E-state index < -0.39 is 0 Å². The molecule has 4 heterocycles. The number of nitrogens with two attached hydrogens (primary N) is 1. The highest BCUT2D eigenvalue weighted by Gasteiger charge is 2.41. The third-order valence-corrected chi connectivity index (χ3v) is 11.5. The number of ether oxygens (including phenoxy) is 1. The third-order valence-electron chi connectivity index (χ3n) is 8.84. The summed E-state index contributed by atoms with van der Waals surface area (Å²) in [4.78, 5) is 34.7. The Bertz CT molecular complexity index is 1860. The molecule has 1 aliphatic carbocycles. The Kier molecular flexibility index (Phi) is 7.67. The number of thioether (sulfide) groups is 1. The predicted molar refractivity (Wildman–Crippen MR) is 173 cm³/mol. The summed E-state index contributed by atoms with van der Waals surface area (Å²) < 4.78 is 22.1. The van der Waals surface area contributed by atoms with E-state index in [4.69, 9.17) is 22.1 Å². The standard InChI is InChI=1S/C30H31ClFN7O2S2/c1-41-12-9-34-16-35-17-5-10-38(11-6-17)27-19-13-20(31)22(18-3-4-21(32)25-23(18)36-28(33)43-25)26-24(19)39(29(40)37-27)14-30(15-42-26)7-2-8-30/h3-4,13,17H,2,5-12,14-15H2,1H3,(H2,33,36). The molecule has 2 aromatic heterocycles. The molecule has 13 heteroatoms. The van der Waals surface area contributed by atoms with Gasteiger partial charge in [0.1, 0.15) is 11.6 Å². The molecule has 224 valence electrons. The molecule has 1 saturated heterocycles. The Balaban J connectivity index is 1.35. The van der Waals surface area contributed by atoms with Crippen LogP contribution in [-0.2, 0) is 11.3 Å². The fourth-order valence-electron chi connectivity index (χ4n) is 6.44. The van der Waals surface area contributed by atoms with Gasteiger partial charge in [0, 0.05) is 53.9 Å². The minimum absolute atomic E-state index is 0.0394. The second-order valence-electron chi connectivity index (χ2n) is 11.6. The number of methoxy groups -OCH3 is 1. The summed E-state index contributed by atoms with van der Waals surface area (Å²) in [5.41, 5.74) is 8.62. The summed E-state index contributed by atoms with van der Waals surface area (Å²) in [6.45, 7) is 3.09. The molecule has 0 amide bonds. The Morgan fingerprint density at radius 3 is 2.84 bits per heavy atom. The molecule has 9 nitrogen and oxygen atoms in total. The van der Waals surface area contributed by atoms with E-state index in [2.05, 4.69) is 30.9 Å². The fraction of sp³-hybridized carbons (Fsp3) is 0.467. The molecule has 0 atom stereocenters. The van der Waals surface area contributed by atoms with E-state index in [1.54, 1.807) is 24.9 Å². The Morgan fingerprint density at radius 1 is 1.28 bits per heavy atom. The maximum atomic E-state index is 14.8. The quantitative estimate of drug-likeness (QED) is 0.200. The summed E-state index contributed by atoms with van der Waals surface area (Å²) in [6.07, 6.45) is 4.89. The summed E-state index contributed by atoms with van der Waals surface area (Å²) in [5, 5.41) is 1.66. The zero-order chi connectivity index (χ0) is 29.7. The molecule has 2 fully saturated rings. The summed E-state index contributed by atoms with van der Waals surface area (Å²) in [7, 11) is 1.64. The van der Waals surface area contributed by atoms with Crippen molar-refractivity contribution in [1.82, 2.24) is 14.5 Å². The van der Waals surface area contributed by atoms with Gasteiger partial charge in [-0.05, 0) is 49.3 Å². The number of fused-ring (bicyclic) bond motifs is 1. The van der Waals surface area contributed by atoms with Crippen LogP contribution in [0.1, 0.15) is 32.1 Å². The first-order chi connectivity index (χ1) is 20.9. The van der Waals surface area contributed by atoms with Crippen molar-refractivity contribution < 1.29 is 9.13 Å². The van der Waals surface area contributed by atoms with Crippen molar-refractivity contribution in [3.05, 3.63) is 39.5 Å². The predicted octanol–water partition coefficient (Wildman–Crippen LogP) is 6.11. The van der Waals surface area contributed by atoms with Crippen molar-refractivity contribution in [3.63, 3.8) is 0 Å². The SMILES string of the molecule is COCCN=C=NC1CCN(c2nc(=O)n3c4c(c(-c5ccc(F)c6sc(N)nc56)c(Cl)cc24)SCC2(CCC2)C3)CC1. The number of halogens is 2. The van der Waals surface area contributed by atoms with Crippen molar-refractivity contribution in [1.29, 1.82) is 0 Å². The molecule has 1 spiro atoms. The van der Waals surface area contributed by atoms with Gasteiger partial charge in [0.15, 0.2) is 5.13 Å². The van der Waals surface area contributed by atoms with E-state index in [-0.39, 0.29) is 23.0 Å². The minimum atomic E-state index is -0.366. The van der Waals surface area contributed by atoms with Crippen LogP contribution >= 0.6 is 34.7 Å². The van der Waals surface area contributed by atoms with Crippen LogP contribution in [0.25, 0.3) is 32.2 Å². The van der Waals surface area contributed by atoms with Crippen molar-refractivity contribution in [2.24, 2.45) is 15.4 Å². The maximum Gasteiger partial charge on any atom is 0.350 e. The number of aliphatic imine (C=N–C) groups is 2. The largest absolute Gasteiger partial charge is 0.383 e. The van der Waals surface area contributed by atoms with Gasteiger partial charge in [-0.3, -0.25) is 4.57 Å². The third kappa shape index (κ3) is 5.13. The number of rotatable bonds is 6. The van der Waals surface area contributed by atoms with Crippen LogP contribution in [0, 0.1) is 11.2 Å². The molecule has 4 aromatic rings. The van der Waals surface area contributed by atoms with E-state index in [0.717, 1.165) is 70.6 Å². The van der Waals surface area contributed by atoms with Crippen LogP contribution in [0.5, 0.6) is 0 Å². The highest BCUT2D eigenvalue weighted by molar-refractivity contribution is 7.99. The van der Waals surface area contributed by atoms with Crippen molar-refractivity contribution in [3.8, 4) is 11.1 Å². The molecule has 43 heavy (non-hydrogen) atoms. The topological polar surface area (TPSA) is 111 Å². The fourth-order valence-corrected chi connectivity index (χ4v) is 9.11. The number of thiazole rings is 1. The van der Waals surface area contributed by atoms with Crippen molar-refractivity contribution >= 4 is 72.8 Å². The smallest absolute Gasteiger partial charge is 0.350 e. The molecule has 0 bridgehead atoms. The van der Waals surface area contributed by atoms with Gasteiger partial charge in [0.05, 0.1) is 46.0 Å². The lowest BCUT2D eigenvalue weighted by molar-refractivity contribution is 0.139. The van der Waals surface area contributed by atoms with Gasteiger partial charge in [-0.1, -0.05) is 29.4 Å². The molecule has 7 rings (SSSR count). The van der Waals surface area contributed by atoms with Crippen LogP contribution in [-0.4, -0.2) is 65.7 Å². The number of nitrogen functional groups attached to an aromatic ring is 1. The van der Waals surface area contributed by atoms with Crippen LogP contribution < -0.4 is 16.3 Å². The van der Waals surface area contributed by atoms with Gasteiger partial charge in [-0.2, -0.15) is 4.98 Å². The average molecular weight is 640 g/mol. The van der Waals surface area contributed by atoms with E-state index in [9.17, 15) is 9.18 Å².